The zero-order chi connectivity index (χ0) is 56.7. The van der Waals surface area contributed by atoms with Crippen LogP contribution in [0.2, 0.25) is 25.1 Å². The summed E-state index contributed by atoms with van der Waals surface area (Å²) in [5.74, 6) is 0. The number of aliphatic hydroxyl groups is 1. The van der Waals surface area contributed by atoms with Gasteiger partial charge >= 0.3 is 0 Å². The van der Waals surface area contributed by atoms with Crippen molar-refractivity contribution in [2.24, 2.45) is 0 Å². The van der Waals surface area contributed by atoms with Crippen LogP contribution in [0.5, 0.6) is 0 Å². The van der Waals surface area contributed by atoms with Crippen LogP contribution in [0.4, 0.5) is 5.69 Å². The fraction of sp³-hybridized carbons (Fsp3) is 0.323. The summed E-state index contributed by atoms with van der Waals surface area (Å²) in [5.41, 5.74) is 3.12. The quantitative estimate of drug-likeness (QED) is 0.0404. The number of non-ortho nitro benzene ring substituents is 1. The van der Waals surface area contributed by atoms with Crippen LogP contribution in [0.15, 0.2) is 176 Å². The Morgan fingerprint density at radius 2 is 0.926 bits per heavy atom. The number of aliphatic hydroxyl groups excluding tert-OH is 1. The highest BCUT2D eigenvalue weighted by Crippen LogP contribution is 2.47. The molecule has 0 aliphatic carbocycles. The molecule has 0 bridgehead atoms. The van der Waals surface area contributed by atoms with E-state index < -0.39 is 65.8 Å². The molecule has 19 heteroatoms. The predicted octanol–water partition coefficient (Wildman–Crippen LogP) is 13.7. The highest BCUT2D eigenvalue weighted by molar-refractivity contribution is 6.31. The van der Waals surface area contributed by atoms with Crippen LogP contribution in [0, 0.1) is 10.1 Å². The highest BCUT2D eigenvalue weighted by Gasteiger charge is 2.62. The van der Waals surface area contributed by atoms with E-state index in [4.69, 9.17) is 105 Å². The minimum Gasteiger partial charge on any atom is -0.387 e. The number of hydrogen-bond acceptors (Lipinski definition) is 13. The zero-order valence-corrected chi connectivity index (χ0v) is 47.8. The molecule has 81 heavy (non-hydrogen) atoms. The molecule has 7 aromatic carbocycles. The summed E-state index contributed by atoms with van der Waals surface area (Å²) in [6, 6.07) is 51.5. The van der Waals surface area contributed by atoms with Crippen molar-refractivity contribution in [1.82, 2.24) is 0 Å². The molecule has 0 saturated carbocycles. The molecular weight excluding hydrogens is 1140 g/mol. The molecule has 2 heterocycles. The number of hydrogen-bond donors (Lipinski definition) is 1. The molecule has 14 nitrogen and oxygen atoms in total. The highest BCUT2D eigenvalue weighted by atomic mass is 35.5. The Hall–Kier alpha value is -5.05. The van der Waals surface area contributed by atoms with Crippen LogP contribution in [0.25, 0.3) is 0 Å². The average Bonchev–Trinajstić information content (AvgIpc) is 3.64. The second kappa shape index (κ2) is 29.5. The molecule has 0 aromatic heterocycles. The van der Waals surface area contributed by atoms with Gasteiger partial charge in [-0.2, -0.15) is 0 Å². The molecule has 0 radical (unpaired) electrons. The molecule has 9 rings (SSSR count). The standard InChI is InChI=1S/C62H60Cl5NO13/c1-2-74-61-62(46-18-30-52(31-19-46)68(70)71,78-37-45-16-28-51(67)29-17-45)59(77-36-44-14-26-50(66)27-15-44)56(54(80-61)39-73-33-41-8-20-47(63)21-9-41)81-60-58(76-35-43-12-24-49(65)25-13-43)57(75-34-42-10-22-48(64)23-11-42)55(69)53(79-60)38-72-32-40-6-4-3-5-7-40/h3-31,53-61,69H,2,32-39H2,1H3/t53-,54-,55+,56-,57+,58-,59+,60+,61-,62-/m1/s1. The smallest absolute Gasteiger partial charge is 0.269 e. The zero-order valence-electron chi connectivity index (χ0n) is 44.0. The molecule has 0 amide bonds. The first-order valence-electron chi connectivity index (χ1n) is 26.3. The Bertz CT molecular complexity index is 3040. The normalized spacial score (nSPS) is 23.8. The van der Waals surface area contributed by atoms with Crippen molar-refractivity contribution in [2.45, 2.75) is 107 Å². The summed E-state index contributed by atoms with van der Waals surface area (Å²) in [4.78, 5) is 11.8. The van der Waals surface area contributed by atoms with Crippen molar-refractivity contribution in [2.75, 3.05) is 19.8 Å². The first-order valence-corrected chi connectivity index (χ1v) is 28.2. The van der Waals surface area contributed by atoms with Crippen LogP contribution < -0.4 is 0 Å². The van der Waals surface area contributed by atoms with Gasteiger partial charge in [-0.05, 0) is 119 Å². The van der Waals surface area contributed by atoms with Gasteiger partial charge < -0.3 is 52.5 Å². The third kappa shape index (κ3) is 16.2. The van der Waals surface area contributed by atoms with Crippen LogP contribution in [0.3, 0.4) is 0 Å². The summed E-state index contributed by atoms with van der Waals surface area (Å²) in [6.45, 7) is 2.00. The van der Waals surface area contributed by atoms with E-state index in [0.29, 0.717) is 30.7 Å². The van der Waals surface area contributed by atoms with E-state index in [1.807, 2.05) is 97.9 Å². The van der Waals surface area contributed by atoms with E-state index >= 15 is 0 Å². The Morgan fingerprint density at radius 1 is 0.494 bits per heavy atom. The van der Waals surface area contributed by atoms with Gasteiger partial charge in [0.05, 0.1) is 57.8 Å². The molecule has 2 aliphatic rings. The molecule has 2 saturated heterocycles. The molecule has 426 valence electrons. The fourth-order valence-corrected chi connectivity index (χ4v) is 10.2. The summed E-state index contributed by atoms with van der Waals surface area (Å²) in [7, 11) is 0. The maximum atomic E-state index is 12.5. The molecule has 10 atom stereocenters. The van der Waals surface area contributed by atoms with E-state index in [9.17, 15) is 15.2 Å². The van der Waals surface area contributed by atoms with E-state index in [-0.39, 0.29) is 65.1 Å². The largest absolute Gasteiger partial charge is 0.387 e. The maximum absolute atomic E-state index is 12.5. The SMILES string of the molecule is CCO[C@@H]1O[C@H](COCc2ccc(Cl)cc2)[C@@H](O[C@@H]2O[C@H](COCc3ccccc3)[C@H](O)[C@H](OCc3ccc(Cl)cc3)[C@H]2OCc2ccc(Cl)cc2)[C@H](OCc2ccc(Cl)cc2)[C@]1(OCc1ccc(Cl)cc1)c1ccc([N+](=O)[O-])cc1. The number of nitro groups is 1. The van der Waals surface area contributed by atoms with Gasteiger partial charge in [-0.25, -0.2) is 0 Å². The summed E-state index contributed by atoms with van der Waals surface area (Å²) >= 11 is 31.8. The van der Waals surface area contributed by atoms with Crippen molar-refractivity contribution in [1.29, 1.82) is 0 Å². The molecule has 0 unspecified atom stereocenters. The van der Waals surface area contributed by atoms with Gasteiger partial charge in [0.25, 0.3) is 5.69 Å². The lowest BCUT2D eigenvalue weighted by Gasteiger charge is -2.54. The number of rotatable bonds is 26. The summed E-state index contributed by atoms with van der Waals surface area (Å²) < 4.78 is 69.4. The molecule has 7 aromatic rings. The van der Waals surface area contributed by atoms with Crippen molar-refractivity contribution < 1.29 is 57.4 Å². The van der Waals surface area contributed by atoms with Crippen LogP contribution in [-0.2, 0) is 92.6 Å². The van der Waals surface area contributed by atoms with Crippen molar-refractivity contribution >= 4 is 63.7 Å². The Labute approximate surface area is 495 Å². The first kappa shape index (κ1) is 60.5. The molecule has 2 fully saturated rings. The van der Waals surface area contributed by atoms with Gasteiger partial charge in [-0.3, -0.25) is 10.1 Å². The molecule has 1 N–H and O–H groups in total. The van der Waals surface area contributed by atoms with Gasteiger partial charge in [0.1, 0.15) is 42.7 Å². The second-order valence-electron chi connectivity index (χ2n) is 19.4. The Morgan fingerprint density at radius 3 is 1.41 bits per heavy atom. The van der Waals surface area contributed by atoms with Crippen LogP contribution in [0.1, 0.15) is 45.9 Å². The third-order valence-electron chi connectivity index (χ3n) is 13.8. The number of nitro benzene ring substituents is 1. The van der Waals surface area contributed by atoms with E-state index in [2.05, 4.69) is 0 Å². The van der Waals surface area contributed by atoms with E-state index in [1.165, 1.54) is 12.1 Å². The van der Waals surface area contributed by atoms with Crippen molar-refractivity contribution in [3.8, 4) is 0 Å². The van der Waals surface area contributed by atoms with Gasteiger partial charge in [0.2, 0.25) is 0 Å². The topological polar surface area (TPSA) is 156 Å². The lowest BCUT2D eigenvalue weighted by molar-refractivity contribution is -0.401. The van der Waals surface area contributed by atoms with Crippen molar-refractivity contribution in [3.05, 3.63) is 250 Å². The fourth-order valence-electron chi connectivity index (χ4n) is 9.61. The predicted molar refractivity (Wildman–Crippen MR) is 308 cm³/mol. The van der Waals surface area contributed by atoms with Crippen molar-refractivity contribution in [3.63, 3.8) is 0 Å². The maximum Gasteiger partial charge on any atom is 0.269 e. The van der Waals surface area contributed by atoms with E-state index in [1.54, 1.807) is 72.8 Å². The minimum absolute atomic E-state index is 0.00238. The van der Waals surface area contributed by atoms with Crippen LogP contribution in [-0.4, -0.2) is 85.2 Å². The lowest BCUT2D eigenvalue weighted by Crippen LogP contribution is -2.69. The second-order valence-corrected chi connectivity index (χ2v) is 21.6. The molecular formula is C62H60Cl5NO13. The number of halogens is 5. The van der Waals surface area contributed by atoms with Gasteiger partial charge in [0, 0.05) is 43.9 Å². The monoisotopic (exact) mass is 1200 g/mol. The molecule has 0 spiro atoms. The minimum atomic E-state index is -1.81. The average molecular weight is 1200 g/mol. The van der Waals surface area contributed by atoms with E-state index in [0.717, 1.165) is 33.4 Å². The number of ether oxygens (including phenoxy) is 10. The Kier molecular flexibility index (Phi) is 22.0. The Balaban J connectivity index is 1.19. The van der Waals surface area contributed by atoms with Crippen LogP contribution >= 0.6 is 58.0 Å². The first-order chi connectivity index (χ1) is 39.3. The third-order valence-corrected chi connectivity index (χ3v) is 15.1. The summed E-state index contributed by atoms with van der Waals surface area (Å²) in [5, 5.41) is 27.5. The van der Waals surface area contributed by atoms with Gasteiger partial charge in [-0.1, -0.05) is 149 Å². The van der Waals surface area contributed by atoms with Gasteiger partial charge in [0.15, 0.2) is 18.2 Å². The lowest BCUT2D eigenvalue weighted by atomic mass is 9.79. The number of benzene rings is 7. The van der Waals surface area contributed by atoms with Gasteiger partial charge in [-0.15, -0.1) is 0 Å². The summed E-state index contributed by atoms with van der Waals surface area (Å²) in [6.07, 6.45) is -11.0. The molecule has 2 aliphatic heterocycles. The number of nitrogens with zero attached hydrogens (tertiary/aromatic N) is 1.